The summed E-state index contributed by atoms with van der Waals surface area (Å²) in [5.74, 6) is 0.855. The van der Waals surface area contributed by atoms with Crippen LogP contribution < -0.4 is 14.8 Å². The van der Waals surface area contributed by atoms with Crippen molar-refractivity contribution in [2.45, 2.75) is 6.10 Å². The van der Waals surface area contributed by atoms with Crippen LogP contribution in [0, 0.1) is 5.82 Å². The molecule has 1 unspecified atom stereocenters. The van der Waals surface area contributed by atoms with Crippen molar-refractivity contribution < 1.29 is 13.9 Å². The molecule has 2 aromatic rings. The van der Waals surface area contributed by atoms with E-state index in [1.165, 1.54) is 13.2 Å². The largest absolute Gasteiger partial charge is 0.496 e. The second kappa shape index (κ2) is 5.32. The molecule has 0 saturated carbocycles. The lowest BCUT2D eigenvalue weighted by atomic mass is 10.1. The van der Waals surface area contributed by atoms with E-state index in [1.807, 2.05) is 18.2 Å². The molecule has 104 valence electrons. The van der Waals surface area contributed by atoms with Crippen LogP contribution in [0.1, 0.15) is 11.7 Å². The third-order valence-electron chi connectivity index (χ3n) is 3.26. The van der Waals surface area contributed by atoms with E-state index in [2.05, 4.69) is 21.2 Å². The fraction of sp³-hybridized carbons (Fsp3) is 0.200. The Morgan fingerprint density at radius 1 is 1.30 bits per heavy atom. The number of nitrogens with one attached hydrogen (secondary N) is 1. The normalized spacial score (nSPS) is 16.9. The van der Waals surface area contributed by atoms with E-state index < -0.39 is 6.10 Å². The van der Waals surface area contributed by atoms with Gasteiger partial charge in [0.25, 0.3) is 0 Å². The van der Waals surface area contributed by atoms with Crippen LogP contribution in [-0.4, -0.2) is 13.7 Å². The first-order chi connectivity index (χ1) is 9.70. The highest BCUT2D eigenvalue weighted by Gasteiger charge is 2.27. The average Bonchev–Trinajstić information content (AvgIpc) is 2.47. The van der Waals surface area contributed by atoms with Gasteiger partial charge in [-0.3, -0.25) is 0 Å². The fourth-order valence-electron chi connectivity index (χ4n) is 2.32. The van der Waals surface area contributed by atoms with E-state index in [0.29, 0.717) is 23.6 Å². The van der Waals surface area contributed by atoms with Gasteiger partial charge in [-0.1, -0.05) is 12.1 Å². The van der Waals surface area contributed by atoms with Gasteiger partial charge in [-0.15, -0.1) is 0 Å². The Morgan fingerprint density at radius 3 is 2.90 bits per heavy atom. The van der Waals surface area contributed by atoms with Gasteiger partial charge in [-0.2, -0.15) is 0 Å². The summed E-state index contributed by atoms with van der Waals surface area (Å²) in [4.78, 5) is 0. The minimum atomic E-state index is -0.433. The molecular weight excluding hydrogens is 325 g/mol. The van der Waals surface area contributed by atoms with Crippen LogP contribution in [0.4, 0.5) is 10.1 Å². The monoisotopic (exact) mass is 337 g/mol. The summed E-state index contributed by atoms with van der Waals surface area (Å²) in [7, 11) is 1.53. The lowest BCUT2D eigenvalue weighted by Crippen LogP contribution is -2.25. The van der Waals surface area contributed by atoms with Crippen molar-refractivity contribution in [2.24, 2.45) is 0 Å². The number of anilines is 1. The molecule has 0 saturated heterocycles. The molecule has 1 aliphatic heterocycles. The van der Waals surface area contributed by atoms with Crippen molar-refractivity contribution in [3.05, 3.63) is 52.3 Å². The van der Waals surface area contributed by atoms with Gasteiger partial charge in [0, 0.05) is 0 Å². The van der Waals surface area contributed by atoms with Crippen molar-refractivity contribution in [1.29, 1.82) is 0 Å². The van der Waals surface area contributed by atoms with Crippen molar-refractivity contribution in [3.63, 3.8) is 0 Å². The van der Waals surface area contributed by atoms with Gasteiger partial charge in [0.15, 0.2) is 5.75 Å². The Morgan fingerprint density at radius 2 is 2.10 bits per heavy atom. The van der Waals surface area contributed by atoms with Crippen molar-refractivity contribution in [1.82, 2.24) is 0 Å². The summed E-state index contributed by atoms with van der Waals surface area (Å²) in [6.07, 6.45) is -0.433. The molecule has 2 aromatic carbocycles. The Bertz CT molecular complexity index is 648. The highest BCUT2D eigenvalue weighted by atomic mass is 79.9. The second-order valence-corrected chi connectivity index (χ2v) is 5.31. The van der Waals surface area contributed by atoms with Crippen LogP contribution in [0.3, 0.4) is 0 Å². The quantitative estimate of drug-likeness (QED) is 0.893. The van der Waals surface area contributed by atoms with E-state index in [1.54, 1.807) is 12.1 Å². The molecule has 1 heterocycles. The summed E-state index contributed by atoms with van der Waals surface area (Å²) in [6, 6.07) is 10.5. The topological polar surface area (TPSA) is 30.5 Å². The lowest BCUT2D eigenvalue weighted by Gasteiger charge is -2.29. The minimum Gasteiger partial charge on any atom is -0.496 e. The Kier molecular flexibility index (Phi) is 3.53. The maximum absolute atomic E-state index is 14.1. The van der Waals surface area contributed by atoms with Crippen LogP contribution in [0.15, 0.2) is 40.9 Å². The number of para-hydroxylation sites is 1. The number of fused-ring (bicyclic) bond motifs is 1. The third kappa shape index (κ3) is 2.22. The smallest absolute Gasteiger partial charge is 0.157 e. The Labute approximate surface area is 124 Å². The summed E-state index contributed by atoms with van der Waals surface area (Å²) in [5.41, 5.74) is 1.33. The van der Waals surface area contributed by atoms with Crippen LogP contribution in [0.2, 0.25) is 0 Å². The molecule has 20 heavy (non-hydrogen) atoms. The maximum atomic E-state index is 14.1. The average molecular weight is 338 g/mol. The number of halogens is 2. The van der Waals surface area contributed by atoms with Gasteiger partial charge >= 0.3 is 0 Å². The van der Waals surface area contributed by atoms with Crippen LogP contribution in [0.5, 0.6) is 11.5 Å². The van der Waals surface area contributed by atoms with E-state index in [4.69, 9.17) is 9.47 Å². The molecule has 1 N–H and O–H groups in total. The molecule has 0 amide bonds. The maximum Gasteiger partial charge on any atom is 0.157 e. The highest BCUT2D eigenvalue weighted by molar-refractivity contribution is 9.10. The predicted molar refractivity (Wildman–Crippen MR) is 79.0 cm³/mol. The van der Waals surface area contributed by atoms with Crippen LogP contribution in [-0.2, 0) is 0 Å². The first-order valence-corrected chi connectivity index (χ1v) is 7.01. The van der Waals surface area contributed by atoms with Gasteiger partial charge in [-0.25, -0.2) is 4.39 Å². The molecule has 0 spiro atoms. The molecule has 1 atom stereocenters. The van der Waals surface area contributed by atoms with Crippen LogP contribution >= 0.6 is 15.9 Å². The minimum absolute atomic E-state index is 0.327. The summed E-state index contributed by atoms with van der Waals surface area (Å²) in [5, 5.41) is 3.25. The predicted octanol–water partition coefficient (Wildman–Crippen LogP) is 4.14. The van der Waals surface area contributed by atoms with Gasteiger partial charge in [0.05, 0.1) is 29.4 Å². The second-order valence-electron chi connectivity index (χ2n) is 4.46. The first-order valence-electron chi connectivity index (χ1n) is 6.22. The summed E-state index contributed by atoms with van der Waals surface area (Å²) < 4.78 is 26.1. The molecule has 0 bridgehead atoms. The van der Waals surface area contributed by atoms with E-state index >= 15 is 0 Å². The van der Waals surface area contributed by atoms with Gasteiger partial charge in [0.1, 0.15) is 17.7 Å². The van der Waals surface area contributed by atoms with Gasteiger partial charge in [0.2, 0.25) is 0 Å². The van der Waals surface area contributed by atoms with Gasteiger partial charge in [-0.05, 0) is 40.2 Å². The van der Waals surface area contributed by atoms with Crippen molar-refractivity contribution in [3.8, 4) is 11.5 Å². The third-order valence-corrected chi connectivity index (χ3v) is 3.88. The number of rotatable bonds is 2. The molecular formula is C15H13BrFNO2. The SMILES string of the molecule is COc1cccc(F)c1C1CNc2cccc(Br)c2O1. The molecule has 1 aliphatic rings. The highest BCUT2D eigenvalue weighted by Crippen LogP contribution is 2.41. The molecule has 3 rings (SSSR count). The molecule has 0 aliphatic carbocycles. The molecule has 0 fully saturated rings. The number of hydrogen-bond donors (Lipinski definition) is 1. The van der Waals surface area contributed by atoms with E-state index in [9.17, 15) is 4.39 Å². The van der Waals surface area contributed by atoms with Gasteiger partial charge < -0.3 is 14.8 Å². The Hall–Kier alpha value is -1.75. The zero-order valence-corrected chi connectivity index (χ0v) is 12.4. The van der Waals surface area contributed by atoms with E-state index in [0.717, 1.165) is 10.2 Å². The molecule has 0 radical (unpaired) electrons. The number of benzene rings is 2. The standard InChI is InChI=1S/C15H13BrFNO2/c1-19-12-7-3-5-10(17)14(12)13-8-18-11-6-2-4-9(16)15(11)20-13/h2-7,13,18H,8H2,1H3. The zero-order chi connectivity index (χ0) is 14.1. The fourth-order valence-corrected chi connectivity index (χ4v) is 2.78. The van der Waals surface area contributed by atoms with Crippen molar-refractivity contribution in [2.75, 3.05) is 19.0 Å². The number of hydrogen-bond acceptors (Lipinski definition) is 3. The summed E-state index contributed by atoms with van der Waals surface area (Å²) in [6.45, 7) is 0.487. The first kappa shape index (κ1) is 13.2. The number of ether oxygens (including phenoxy) is 2. The van der Waals surface area contributed by atoms with Crippen molar-refractivity contribution >= 4 is 21.6 Å². The number of methoxy groups -OCH3 is 1. The lowest BCUT2D eigenvalue weighted by molar-refractivity contribution is 0.198. The summed E-state index contributed by atoms with van der Waals surface area (Å²) >= 11 is 3.45. The van der Waals surface area contributed by atoms with E-state index in [-0.39, 0.29) is 5.82 Å². The van der Waals surface area contributed by atoms with Crippen LogP contribution in [0.25, 0.3) is 0 Å². The molecule has 0 aromatic heterocycles. The zero-order valence-electron chi connectivity index (χ0n) is 10.8. The molecule has 5 heteroatoms. The molecule has 3 nitrogen and oxygen atoms in total. The Balaban J connectivity index is 2.01.